The average Bonchev–Trinajstić information content (AvgIpc) is 2.63. The molecule has 26 heavy (non-hydrogen) atoms. The summed E-state index contributed by atoms with van der Waals surface area (Å²) in [6.45, 7) is 6.99. The first kappa shape index (κ1) is 20.0. The molecule has 0 fully saturated rings. The van der Waals surface area contributed by atoms with Crippen LogP contribution in [0.5, 0.6) is 5.75 Å². The fourth-order valence-electron chi connectivity index (χ4n) is 2.04. The molecule has 0 saturated carbocycles. The smallest absolute Gasteiger partial charge is 0.240 e. The lowest BCUT2D eigenvalue weighted by molar-refractivity contribution is -0.120. The van der Waals surface area contributed by atoms with Crippen molar-refractivity contribution < 1.29 is 9.53 Å². The molecule has 1 N–H and O–H groups in total. The van der Waals surface area contributed by atoms with Gasteiger partial charge in [-0.15, -0.1) is 11.8 Å². The van der Waals surface area contributed by atoms with Crippen molar-refractivity contribution in [2.45, 2.75) is 32.1 Å². The summed E-state index contributed by atoms with van der Waals surface area (Å²) in [5, 5.41) is 4.01. The molecular formula is C21H26N2O2S. The van der Waals surface area contributed by atoms with Crippen LogP contribution in [0.2, 0.25) is 0 Å². The van der Waals surface area contributed by atoms with Gasteiger partial charge < -0.3 is 4.74 Å². The van der Waals surface area contributed by atoms with Crippen LogP contribution in [-0.4, -0.2) is 24.5 Å². The Labute approximate surface area is 160 Å². The maximum Gasteiger partial charge on any atom is 0.240 e. The summed E-state index contributed by atoms with van der Waals surface area (Å²) in [5.74, 6) is 1.98. The lowest BCUT2D eigenvalue weighted by atomic mass is 10.2. The molecule has 0 heterocycles. The number of hydrogen-bond acceptors (Lipinski definition) is 4. The first-order valence-electron chi connectivity index (χ1n) is 8.77. The highest BCUT2D eigenvalue weighted by molar-refractivity contribution is 7.99. The van der Waals surface area contributed by atoms with Crippen LogP contribution >= 0.6 is 11.8 Å². The molecule has 0 bridgehead atoms. The van der Waals surface area contributed by atoms with Gasteiger partial charge in [0, 0.05) is 17.1 Å². The predicted octanol–water partition coefficient (Wildman–Crippen LogP) is 4.66. The van der Waals surface area contributed by atoms with Gasteiger partial charge in [-0.05, 0) is 54.8 Å². The average molecular weight is 371 g/mol. The number of nitrogens with zero attached hydrogens (tertiary/aromatic N) is 1. The van der Waals surface area contributed by atoms with E-state index in [1.807, 2.05) is 24.3 Å². The maximum atomic E-state index is 11.8. The van der Waals surface area contributed by atoms with E-state index in [9.17, 15) is 4.79 Å². The first-order chi connectivity index (χ1) is 12.5. The molecule has 138 valence electrons. The molecule has 0 radical (unpaired) electrons. The monoisotopic (exact) mass is 370 g/mol. The van der Waals surface area contributed by atoms with Crippen molar-refractivity contribution in [1.29, 1.82) is 0 Å². The van der Waals surface area contributed by atoms with E-state index in [0.29, 0.717) is 18.9 Å². The van der Waals surface area contributed by atoms with Crippen LogP contribution in [-0.2, 0) is 4.79 Å². The highest BCUT2D eigenvalue weighted by Gasteiger charge is 2.01. The van der Waals surface area contributed by atoms with Crippen molar-refractivity contribution in [1.82, 2.24) is 5.43 Å². The van der Waals surface area contributed by atoms with Crippen molar-refractivity contribution >= 4 is 23.9 Å². The third-order valence-electron chi connectivity index (χ3n) is 3.49. The van der Waals surface area contributed by atoms with Gasteiger partial charge in [0.25, 0.3) is 0 Å². The van der Waals surface area contributed by atoms with Gasteiger partial charge in [0.1, 0.15) is 5.75 Å². The molecule has 0 aliphatic carbocycles. The highest BCUT2D eigenvalue weighted by atomic mass is 32.2. The number of ether oxygens (including phenoxy) is 1. The number of carbonyl (C=O) groups excluding carboxylic acids is 1. The Morgan fingerprint density at radius 3 is 2.50 bits per heavy atom. The molecule has 0 saturated heterocycles. The van der Waals surface area contributed by atoms with E-state index >= 15 is 0 Å². The Balaban J connectivity index is 1.68. The second-order valence-corrected chi connectivity index (χ2v) is 7.65. The van der Waals surface area contributed by atoms with Gasteiger partial charge in [-0.2, -0.15) is 5.10 Å². The summed E-state index contributed by atoms with van der Waals surface area (Å²) in [6, 6.07) is 15.9. The number of amides is 1. The van der Waals surface area contributed by atoms with Crippen molar-refractivity contribution in [3.8, 4) is 5.75 Å². The standard InChI is InChI=1S/C21H26N2O2S/c1-16(2)15-25-19-8-6-18(7-9-19)14-22-23-21(24)12-13-26-20-10-4-17(3)5-11-20/h4-11,14,16H,12-13,15H2,1-3H3,(H,23,24)/b22-14-. The number of nitrogens with one attached hydrogen (secondary N) is 1. The normalized spacial score (nSPS) is 11.1. The largest absolute Gasteiger partial charge is 0.493 e. The fraction of sp³-hybridized carbons (Fsp3) is 0.333. The Morgan fingerprint density at radius 1 is 1.15 bits per heavy atom. The van der Waals surface area contributed by atoms with E-state index in [2.05, 4.69) is 55.6 Å². The SMILES string of the molecule is Cc1ccc(SCCC(=O)N/N=C\c2ccc(OCC(C)C)cc2)cc1. The number of thioether (sulfide) groups is 1. The molecule has 0 aliphatic rings. The Bertz CT molecular complexity index is 710. The van der Waals surface area contributed by atoms with Crippen molar-refractivity contribution in [3.63, 3.8) is 0 Å². The number of hydrogen-bond donors (Lipinski definition) is 1. The van der Waals surface area contributed by atoms with E-state index in [1.165, 1.54) is 10.5 Å². The van der Waals surface area contributed by atoms with Crippen LogP contribution in [0, 0.1) is 12.8 Å². The van der Waals surface area contributed by atoms with E-state index < -0.39 is 0 Å². The predicted molar refractivity (Wildman–Crippen MR) is 109 cm³/mol. The second-order valence-electron chi connectivity index (χ2n) is 6.48. The minimum Gasteiger partial charge on any atom is -0.493 e. The summed E-state index contributed by atoms with van der Waals surface area (Å²) in [4.78, 5) is 13.0. The van der Waals surface area contributed by atoms with Gasteiger partial charge in [-0.3, -0.25) is 4.79 Å². The third kappa shape index (κ3) is 7.74. The Hall–Kier alpha value is -2.27. The number of aryl methyl sites for hydroxylation is 1. The van der Waals surface area contributed by atoms with Gasteiger partial charge in [0.15, 0.2) is 0 Å². The van der Waals surface area contributed by atoms with E-state index in [1.54, 1.807) is 18.0 Å². The topological polar surface area (TPSA) is 50.7 Å². The summed E-state index contributed by atoms with van der Waals surface area (Å²) in [7, 11) is 0. The summed E-state index contributed by atoms with van der Waals surface area (Å²) in [5.41, 5.74) is 4.72. The van der Waals surface area contributed by atoms with Gasteiger partial charge in [-0.25, -0.2) is 5.43 Å². The van der Waals surface area contributed by atoms with Crippen LogP contribution in [0.4, 0.5) is 0 Å². The zero-order chi connectivity index (χ0) is 18.8. The zero-order valence-corrected chi connectivity index (χ0v) is 16.4. The minimum atomic E-state index is -0.0854. The van der Waals surface area contributed by atoms with Crippen LogP contribution in [0.3, 0.4) is 0 Å². The van der Waals surface area contributed by atoms with Gasteiger partial charge in [-0.1, -0.05) is 31.5 Å². The molecule has 0 aliphatic heterocycles. The Kier molecular flexibility index (Phi) is 8.22. The van der Waals surface area contributed by atoms with E-state index in [0.717, 1.165) is 17.1 Å². The summed E-state index contributed by atoms with van der Waals surface area (Å²) in [6.07, 6.45) is 2.06. The van der Waals surface area contributed by atoms with Gasteiger partial charge in [0.05, 0.1) is 12.8 Å². The highest BCUT2D eigenvalue weighted by Crippen LogP contribution is 2.18. The molecule has 4 nitrogen and oxygen atoms in total. The molecular weight excluding hydrogens is 344 g/mol. The number of carbonyl (C=O) groups is 1. The lowest BCUT2D eigenvalue weighted by Gasteiger charge is -2.08. The van der Waals surface area contributed by atoms with E-state index in [-0.39, 0.29) is 5.91 Å². The first-order valence-corrected chi connectivity index (χ1v) is 9.76. The van der Waals surface area contributed by atoms with Gasteiger partial charge >= 0.3 is 0 Å². The van der Waals surface area contributed by atoms with Gasteiger partial charge in [0.2, 0.25) is 5.91 Å². The number of hydrazone groups is 1. The van der Waals surface area contributed by atoms with Crippen molar-refractivity contribution in [2.75, 3.05) is 12.4 Å². The van der Waals surface area contributed by atoms with Crippen LogP contribution in [0.1, 0.15) is 31.4 Å². The number of benzene rings is 2. The van der Waals surface area contributed by atoms with Crippen molar-refractivity contribution in [3.05, 3.63) is 59.7 Å². The molecule has 0 unspecified atom stereocenters. The summed E-state index contributed by atoms with van der Waals surface area (Å²) >= 11 is 1.67. The zero-order valence-electron chi connectivity index (χ0n) is 15.6. The minimum absolute atomic E-state index is 0.0854. The quantitative estimate of drug-likeness (QED) is 0.397. The molecule has 1 amide bonds. The molecule has 0 atom stereocenters. The van der Waals surface area contributed by atoms with Crippen molar-refractivity contribution in [2.24, 2.45) is 11.0 Å². The second kappa shape index (κ2) is 10.7. The molecule has 0 aromatic heterocycles. The van der Waals surface area contributed by atoms with Crippen LogP contribution in [0.15, 0.2) is 58.5 Å². The molecule has 2 rings (SSSR count). The molecule has 2 aromatic rings. The Morgan fingerprint density at radius 2 is 1.85 bits per heavy atom. The summed E-state index contributed by atoms with van der Waals surface area (Å²) < 4.78 is 5.64. The maximum absolute atomic E-state index is 11.8. The lowest BCUT2D eigenvalue weighted by Crippen LogP contribution is -2.17. The van der Waals surface area contributed by atoms with E-state index in [4.69, 9.17) is 4.74 Å². The fourth-order valence-corrected chi connectivity index (χ4v) is 2.90. The molecule has 0 spiro atoms. The third-order valence-corrected chi connectivity index (χ3v) is 4.50. The van der Waals surface area contributed by atoms with Crippen LogP contribution in [0.25, 0.3) is 0 Å². The molecule has 2 aromatic carbocycles. The number of rotatable bonds is 9. The molecule has 5 heteroatoms. The van der Waals surface area contributed by atoms with Crippen LogP contribution < -0.4 is 10.2 Å².